The minimum Gasteiger partial charge on any atom is -0.441 e. The van der Waals surface area contributed by atoms with E-state index in [-0.39, 0.29) is 12.0 Å². The number of nitrogens with zero attached hydrogens (tertiary/aromatic N) is 4. The third-order valence-electron chi connectivity index (χ3n) is 6.55. The Kier molecular flexibility index (Phi) is 8.15. The number of methoxy groups -OCH3 is 1. The van der Waals surface area contributed by atoms with Gasteiger partial charge in [0.25, 0.3) is 0 Å². The standard InChI is InChI=1S/C21H38N4O4/c1-22(15-16-28-2)13-14-25-18-21(29-20(25)27)7-11-24(12-8-21)19(26)17-23-9-5-3-4-6-10-23/h3-18H2,1-2H3. The van der Waals surface area contributed by atoms with Crippen LogP contribution in [0, 0.1) is 0 Å². The first-order valence-corrected chi connectivity index (χ1v) is 11.2. The van der Waals surface area contributed by atoms with Crippen molar-refractivity contribution < 1.29 is 19.1 Å². The van der Waals surface area contributed by atoms with Gasteiger partial charge in [-0.1, -0.05) is 12.8 Å². The van der Waals surface area contributed by atoms with Gasteiger partial charge in [-0.15, -0.1) is 0 Å². The fourth-order valence-electron chi connectivity index (χ4n) is 4.52. The van der Waals surface area contributed by atoms with Crippen LogP contribution in [0.1, 0.15) is 38.5 Å². The number of amides is 2. The zero-order valence-corrected chi connectivity index (χ0v) is 18.2. The molecule has 0 atom stereocenters. The highest BCUT2D eigenvalue weighted by Crippen LogP contribution is 2.33. The van der Waals surface area contributed by atoms with Crippen LogP contribution in [0.25, 0.3) is 0 Å². The fourth-order valence-corrected chi connectivity index (χ4v) is 4.52. The highest BCUT2D eigenvalue weighted by atomic mass is 16.6. The molecule has 3 fully saturated rings. The molecule has 0 radical (unpaired) electrons. The summed E-state index contributed by atoms with van der Waals surface area (Å²) >= 11 is 0. The Morgan fingerprint density at radius 3 is 2.45 bits per heavy atom. The van der Waals surface area contributed by atoms with Crippen LogP contribution in [0.2, 0.25) is 0 Å². The summed E-state index contributed by atoms with van der Waals surface area (Å²) in [5.41, 5.74) is -0.415. The van der Waals surface area contributed by atoms with Gasteiger partial charge in [-0.25, -0.2) is 4.79 Å². The lowest BCUT2D eigenvalue weighted by atomic mass is 9.91. The van der Waals surface area contributed by atoms with Crippen molar-refractivity contribution in [2.75, 3.05) is 79.7 Å². The van der Waals surface area contributed by atoms with Crippen molar-refractivity contribution in [3.63, 3.8) is 0 Å². The summed E-state index contributed by atoms with van der Waals surface area (Å²) in [5, 5.41) is 0. The van der Waals surface area contributed by atoms with Crippen LogP contribution < -0.4 is 0 Å². The summed E-state index contributed by atoms with van der Waals surface area (Å²) in [6.45, 7) is 7.61. The number of rotatable bonds is 8. The number of likely N-dealkylation sites (tertiary alicyclic amines) is 2. The Bertz CT molecular complexity index is 543. The van der Waals surface area contributed by atoms with Gasteiger partial charge in [-0.05, 0) is 33.0 Å². The fraction of sp³-hybridized carbons (Fsp3) is 0.905. The molecular weight excluding hydrogens is 372 g/mol. The van der Waals surface area contributed by atoms with Gasteiger partial charge in [0.1, 0.15) is 5.60 Å². The molecule has 8 nitrogen and oxygen atoms in total. The van der Waals surface area contributed by atoms with E-state index in [1.165, 1.54) is 25.7 Å². The maximum Gasteiger partial charge on any atom is 0.410 e. The van der Waals surface area contributed by atoms with E-state index in [1.54, 1.807) is 7.11 Å². The summed E-state index contributed by atoms with van der Waals surface area (Å²) in [5.74, 6) is 0.225. The Labute approximate surface area is 175 Å². The van der Waals surface area contributed by atoms with Gasteiger partial charge in [0.15, 0.2) is 0 Å². The second-order valence-electron chi connectivity index (χ2n) is 8.84. The zero-order valence-electron chi connectivity index (χ0n) is 18.2. The average Bonchev–Trinajstić information content (AvgIpc) is 2.87. The van der Waals surface area contributed by atoms with E-state index in [9.17, 15) is 9.59 Å². The van der Waals surface area contributed by atoms with Crippen molar-refractivity contribution in [3.05, 3.63) is 0 Å². The number of likely N-dealkylation sites (N-methyl/N-ethyl adjacent to an activating group) is 1. The quantitative estimate of drug-likeness (QED) is 0.600. The zero-order chi connectivity index (χ0) is 20.7. The molecule has 0 aromatic carbocycles. The number of carbonyl (C=O) groups is 2. The predicted molar refractivity (Wildman–Crippen MR) is 111 cm³/mol. The molecule has 0 aromatic rings. The van der Waals surface area contributed by atoms with Crippen LogP contribution in [-0.4, -0.2) is 117 Å². The van der Waals surface area contributed by atoms with E-state index < -0.39 is 5.60 Å². The van der Waals surface area contributed by atoms with Gasteiger partial charge in [0.2, 0.25) is 5.91 Å². The Morgan fingerprint density at radius 1 is 1.10 bits per heavy atom. The largest absolute Gasteiger partial charge is 0.441 e. The number of ether oxygens (including phenoxy) is 2. The van der Waals surface area contributed by atoms with Crippen LogP contribution in [0.15, 0.2) is 0 Å². The predicted octanol–water partition coefficient (Wildman–Crippen LogP) is 1.25. The maximum atomic E-state index is 12.7. The van der Waals surface area contributed by atoms with E-state index >= 15 is 0 Å². The number of carbonyl (C=O) groups excluding carboxylic acids is 2. The number of hydrogen-bond donors (Lipinski definition) is 0. The lowest BCUT2D eigenvalue weighted by Crippen LogP contribution is -2.51. The monoisotopic (exact) mass is 410 g/mol. The lowest BCUT2D eigenvalue weighted by Gasteiger charge is -2.38. The number of piperidine rings is 1. The second-order valence-corrected chi connectivity index (χ2v) is 8.84. The molecule has 166 valence electrons. The smallest absolute Gasteiger partial charge is 0.410 e. The average molecular weight is 411 g/mol. The Balaban J connectivity index is 1.42. The molecule has 8 heteroatoms. The Morgan fingerprint density at radius 2 is 1.79 bits per heavy atom. The molecule has 0 aliphatic carbocycles. The maximum absolute atomic E-state index is 12.7. The molecule has 29 heavy (non-hydrogen) atoms. The summed E-state index contributed by atoms with van der Waals surface area (Å²) in [7, 11) is 3.73. The van der Waals surface area contributed by atoms with Gasteiger partial charge in [0.05, 0.1) is 19.7 Å². The summed E-state index contributed by atoms with van der Waals surface area (Å²) in [6.07, 6.45) is 6.21. The molecule has 0 aromatic heterocycles. The molecule has 0 saturated carbocycles. The first kappa shape index (κ1) is 22.3. The normalized spacial score (nSPS) is 22.9. The molecule has 0 unspecified atom stereocenters. The molecule has 0 N–H and O–H groups in total. The van der Waals surface area contributed by atoms with Gasteiger partial charge >= 0.3 is 6.09 Å². The van der Waals surface area contributed by atoms with Crippen molar-refractivity contribution >= 4 is 12.0 Å². The summed E-state index contributed by atoms with van der Waals surface area (Å²) < 4.78 is 10.9. The SMILES string of the molecule is COCCN(C)CCN1CC2(CCN(C(=O)CN3CCCCCC3)CC2)OC1=O. The van der Waals surface area contributed by atoms with E-state index in [4.69, 9.17) is 9.47 Å². The van der Waals surface area contributed by atoms with Crippen molar-refractivity contribution in [1.29, 1.82) is 0 Å². The van der Waals surface area contributed by atoms with Gasteiger partial charge in [0, 0.05) is 52.7 Å². The van der Waals surface area contributed by atoms with E-state index in [0.717, 1.165) is 39.0 Å². The first-order valence-electron chi connectivity index (χ1n) is 11.2. The molecule has 3 heterocycles. The van der Waals surface area contributed by atoms with Gasteiger partial charge < -0.3 is 24.2 Å². The highest BCUT2D eigenvalue weighted by Gasteiger charge is 2.47. The second kappa shape index (κ2) is 10.6. The molecule has 2 amide bonds. The molecule has 3 rings (SSSR count). The van der Waals surface area contributed by atoms with Crippen LogP contribution in [0.4, 0.5) is 4.79 Å². The molecule has 3 saturated heterocycles. The molecule has 1 spiro atoms. The van der Waals surface area contributed by atoms with Crippen molar-refractivity contribution in [1.82, 2.24) is 19.6 Å². The van der Waals surface area contributed by atoms with E-state index in [2.05, 4.69) is 9.80 Å². The third kappa shape index (κ3) is 6.30. The van der Waals surface area contributed by atoms with Crippen molar-refractivity contribution in [2.24, 2.45) is 0 Å². The molecule has 0 bridgehead atoms. The van der Waals surface area contributed by atoms with Crippen LogP contribution in [0.3, 0.4) is 0 Å². The molecular formula is C21H38N4O4. The van der Waals surface area contributed by atoms with Crippen molar-refractivity contribution in [3.8, 4) is 0 Å². The highest BCUT2D eigenvalue weighted by molar-refractivity contribution is 5.78. The van der Waals surface area contributed by atoms with Crippen LogP contribution in [-0.2, 0) is 14.3 Å². The summed E-state index contributed by atoms with van der Waals surface area (Å²) in [6, 6.07) is 0. The summed E-state index contributed by atoms with van der Waals surface area (Å²) in [4.78, 5) is 33.3. The third-order valence-corrected chi connectivity index (χ3v) is 6.55. The minimum atomic E-state index is -0.415. The van der Waals surface area contributed by atoms with Gasteiger partial charge in [-0.3, -0.25) is 9.69 Å². The van der Waals surface area contributed by atoms with Crippen LogP contribution in [0.5, 0.6) is 0 Å². The number of hydrogen-bond acceptors (Lipinski definition) is 6. The lowest BCUT2D eigenvalue weighted by molar-refractivity contribution is -0.135. The molecule has 3 aliphatic rings. The minimum absolute atomic E-state index is 0.213. The van der Waals surface area contributed by atoms with E-state index in [1.807, 2.05) is 16.8 Å². The van der Waals surface area contributed by atoms with Crippen LogP contribution >= 0.6 is 0 Å². The topological polar surface area (TPSA) is 65.6 Å². The molecule has 3 aliphatic heterocycles. The first-order chi connectivity index (χ1) is 14.0. The van der Waals surface area contributed by atoms with Gasteiger partial charge in [-0.2, -0.15) is 0 Å². The van der Waals surface area contributed by atoms with E-state index in [0.29, 0.717) is 39.3 Å². The van der Waals surface area contributed by atoms with Crippen molar-refractivity contribution in [2.45, 2.75) is 44.1 Å². The Hall–Kier alpha value is -1.38.